The van der Waals surface area contributed by atoms with Crippen LogP contribution in [-0.2, 0) is 13.5 Å². The highest BCUT2D eigenvalue weighted by Crippen LogP contribution is 2.37. The molecular weight excluding hydrogens is 403 g/mol. The van der Waals surface area contributed by atoms with E-state index in [0.717, 1.165) is 33.4 Å². The Balaban J connectivity index is 1.87. The van der Waals surface area contributed by atoms with Crippen molar-refractivity contribution in [3.05, 3.63) is 88.2 Å². The van der Waals surface area contributed by atoms with Crippen LogP contribution in [0.3, 0.4) is 0 Å². The smallest absolute Gasteiger partial charge is 0.274 e. The van der Waals surface area contributed by atoms with Crippen molar-refractivity contribution in [3.63, 3.8) is 0 Å². The molecule has 0 aliphatic heterocycles. The number of benzene rings is 2. The summed E-state index contributed by atoms with van der Waals surface area (Å²) in [6.45, 7) is 2.14. The van der Waals surface area contributed by atoms with Crippen molar-refractivity contribution in [2.75, 3.05) is 5.75 Å². The SMILES string of the molecule is CCSSc1ccc(Cc2ccc(F)cc2)c(-c2cn(C)c(=O)c3[nH]ccc23)c1. The first kappa shape index (κ1) is 19.9. The molecule has 2 aromatic heterocycles. The molecule has 148 valence electrons. The van der Waals surface area contributed by atoms with E-state index in [4.69, 9.17) is 0 Å². The average molecular weight is 425 g/mol. The molecule has 3 nitrogen and oxygen atoms in total. The number of pyridine rings is 1. The molecule has 2 aromatic carbocycles. The lowest BCUT2D eigenvalue weighted by molar-refractivity contribution is 0.627. The van der Waals surface area contributed by atoms with Crippen LogP contribution in [0, 0.1) is 5.82 Å². The maximum Gasteiger partial charge on any atom is 0.274 e. The fourth-order valence-electron chi connectivity index (χ4n) is 3.45. The van der Waals surface area contributed by atoms with Gasteiger partial charge in [0.15, 0.2) is 0 Å². The van der Waals surface area contributed by atoms with Crippen molar-refractivity contribution in [2.24, 2.45) is 7.05 Å². The zero-order chi connectivity index (χ0) is 20.4. The van der Waals surface area contributed by atoms with E-state index >= 15 is 0 Å². The molecule has 1 N–H and O–H groups in total. The third-order valence-corrected chi connectivity index (χ3v) is 7.28. The van der Waals surface area contributed by atoms with Crippen LogP contribution in [0.4, 0.5) is 4.39 Å². The Kier molecular flexibility index (Phi) is 5.83. The number of hydrogen-bond acceptors (Lipinski definition) is 3. The lowest BCUT2D eigenvalue weighted by Crippen LogP contribution is -2.16. The molecule has 0 bridgehead atoms. The molecule has 4 aromatic rings. The monoisotopic (exact) mass is 424 g/mol. The van der Waals surface area contributed by atoms with Crippen LogP contribution in [0.5, 0.6) is 0 Å². The van der Waals surface area contributed by atoms with Gasteiger partial charge in [0.05, 0.1) is 0 Å². The van der Waals surface area contributed by atoms with E-state index in [1.54, 1.807) is 39.4 Å². The zero-order valence-corrected chi connectivity index (χ0v) is 17.9. The topological polar surface area (TPSA) is 37.8 Å². The number of nitrogens with zero attached hydrogens (tertiary/aromatic N) is 1. The minimum atomic E-state index is -0.232. The molecule has 0 radical (unpaired) electrons. The van der Waals surface area contributed by atoms with Gasteiger partial charge in [0.2, 0.25) is 0 Å². The van der Waals surface area contributed by atoms with Gasteiger partial charge in [-0.05, 0) is 53.4 Å². The summed E-state index contributed by atoms with van der Waals surface area (Å²) in [5.41, 5.74) is 4.87. The summed E-state index contributed by atoms with van der Waals surface area (Å²) in [6.07, 6.45) is 4.40. The van der Waals surface area contributed by atoms with Gasteiger partial charge in [-0.15, -0.1) is 0 Å². The van der Waals surface area contributed by atoms with Crippen LogP contribution in [0.2, 0.25) is 0 Å². The van der Waals surface area contributed by atoms with Crippen molar-refractivity contribution in [1.82, 2.24) is 9.55 Å². The average Bonchev–Trinajstić information content (AvgIpc) is 3.22. The Morgan fingerprint density at radius 1 is 1.07 bits per heavy atom. The Morgan fingerprint density at radius 2 is 1.86 bits per heavy atom. The molecule has 6 heteroatoms. The molecule has 0 unspecified atom stereocenters. The number of aromatic amines is 1. The number of rotatable bonds is 6. The van der Waals surface area contributed by atoms with Crippen LogP contribution < -0.4 is 5.56 Å². The molecule has 4 rings (SSSR count). The molecular formula is C23H21FN2OS2. The number of H-pyrrole nitrogens is 1. The third-order valence-electron chi connectivity index (χ3n) is 4.85. The summed E-state index contributed by atoms with van der Waals surface area (Å²) in [7, 11) is 5.33. The third kappa shape index (κ3) is 4.14. The van der Waals surface area contributed by atoms with Crippen LogP contribution in [-0.4, -0.2) is 15.3 Å². The van der Waals surface area contributed by atoms with Crippen molar-refractivity contribution >= 4 is 32.5 Å². The quantitative estimate of drug-likeness (QED) is 0.384. The first-order valence-corrected chi connectivity index (χ1v) is 11.7. The van der Waals surface area contributed by atoms with E-state index < -0.39 is 0 Å². The van der Waals surface area contributed by atoms with Crippen molar-refractivity contribution < 1.29 is 4.39 Å². The van der Waals surface area contributed by atoms with Crippen molar-refractivity contribution in [3.8, 4) is 11.1 Å². The standard InChI is InChI=1S/C23H21FN2OS2/c1-3-28-29-18-9-6-16(12-15-4-7-17(24)8-5-15)20(13-18)21-14-26(2)23(27)22-19(21)10-11-25-22/h4-11,13-14,25H,3,12H2,1-2H3. The first-order valence-electron chi connectivity index (χ1n) is 9.40. The highest BCUT2D eigenvalue weighted by Gasteiger charge is 2.14. The molecule has 0 spiro atoms. The molecule has 29 heavy (non-hydrogen) atoms. The molecule has 0 saturated heterocycles. The van der Waals surface area contributed by atoms with Gasteiger partial charge in [-0.1, -0.05) is 46.7 Å². The number of aromatic nitrogens is 2. The maximum absolute atomic E-state index is 13.3. The minimum absolute atomic E-state index is 0.0408. The molecule has 0 amide bonds. The number of aryl methyl sites for hydroxylation is 1. The summed E-state index contributed by atoms with van der Waals surface area (Å²) >= 11 is 0. The molecule has 0 atom stereocenters. The van der Waals surface area contributed by atoms with Crippen LogP contribution in [0.25, 0.3) is 22.0 Å². The van der Waals surface area contributed by atoms with E-state index in [1.165, 1.54) is 17.0 Å². The van der Waals surface area contributed by atoms with Crippen molar-refractivity contribution in [1.29, 1.82) is 0 Å². The molecule has 0 aliphatic carbocycles. The van der Waals surface area contributed by atoms with E-state index in [-0.39, 0.29) is 11.4 Å². The predicted octanol–water partition coefficient (Wildman–Crippen LogP) is 6.02. The fraction of sp³-hybridized carbons (Fsp3) is 0.174. The van der Waals surface area contributed by atoms with E-state index in [0.29, 0.717) is 11.9 Å². The second-order valence-electron chi connectivity index (χ2n) is 6.84. The number of fused-ring (bicyclic) bond motifs is 1. The Morgan fingerprint density at radius 3 is 2.62 bits per heavy atom. The summed E-state index contributed by atoms with van der Waals surface area (Å²) in [5, 5.41) is 0.916. The highest BCUT2D eigenvalue weighted by molar-refractivity contribution is 8.76. The van der Waals surface area contributed by atoms with Crippen LogP contribution >= 0.6 is 21.6 Å². The van der Waals surface area contributed by atoms with Gasteiger partial charge >= 0.3 is 0 Å². The molecule has 0 aliphatic rings. The summed E-state index contributed by atoms with van der Waals surface area (Å²) < 4.78 is 14.9. The van der Waals surface area contributed by atoms with Crippen LogP contribution in [0.15, 0.2) is 70.6 Å². The predicted molar refractivity (Wildman–Crippen MR) is 122 cm³/mol. The highest BCUT2D eigenvalue weighted by atomic mass is 33.1. The summed E-state index contributed by atoms with van der Waals surface area (Å²) in [6, 6.07) is 15.0. The minimum Gasteiger partial charge on any atom is -0.357 e. The second-order valence-corrected chi connectivity index (χ2v) is 9.50. The maximum atomic E-state index is 13.3. The second kappa shape index (κ2) is 8.51. The van der Waals surface area contributed by atoms with Gasteiger partial charge in [-0.25, -0.2) is 4.39 Å². The van der Waals surface area contributed by atoms with Gasteiger partial charge in [-0.2, -0.15) is 0 Å². The van der Waals surface area contributed by atoms with Gasteiger partial charge in [0, 0.05) is 41.0 Å². The number of nitrogens with one attached hydrogen (secondary N) is 1. The van der Waals surface area contributed by atoms with Gasteiger partial charge in [-0.3, -0.25) is 4.79 Å². The first-order chi connectivity index (χ1) is 14.1. The lowest BCUT2D eigenvalue weighted by Gasteiger charge is -2.14. The number of halogens is 1. The van der Waals surface area contributed by atoms with E-state index in [9.17, 15) is 9.18 Å². The van der Waals surface area contributed by atoms with Gasteiger partial charge in [0.1, 0.15) is 11.3 Å². The number of hydrogen-bond donors (Lipinski definition) is 1. The Bertz CT molecular complexity index is 1210. The summed E-state index contributed by atoms with van der Waals surface area (Å²) in [5.74, 6) is 0.795. The molecule has 0 saturated carbocycles. The zero-order valence-electron chi connectivity index (χ0n) is 16.2. The Labute approximate surface area is 176 Å². The fourth-order valence-corrected chi connectivity index (χ4v) is 5.06. The summed E-state index contributed by atoms with van der Waals surface area (Å²) in [4.78, 5) is 16.7. The van der Waals surface area contributed by atoms with E-state index in [2.05, 4.69) is 30.1 Å². The normalized spacial score (nSPS) is 11.3. The van der Waals surface area contributed by atoms with Gasteiger partial charge < -0.3 is 9.55 Å². The largest absolute Gasteiger partial charge is 0.357 e. The Hall–Kier alpha value is -2.44. The lowest BCUT2D eigenvalue weighted by atomic mass is 9.94. The molecule has 0 fully saturated rings. The van der Waals surface area contributed by atoms with Crippen molar-refractivity contribution in [2.45, 2.75) is 18.2 Å². The van der Waals surface area contributed by atoms with E-state index in [1.807, 2.05) is 24.4 Å². The molecule has 2 heterocycles. The van der Waals surface area contributed by atoms with Crippen LogP contribution in [0.1, 0.15) is 18.1 Å². The van der Waals surface area contributed by atoms with Gasteiger partial charge in [0.25, 0.3) is 5.56 Å².